The summed E-state index contributed by atoms with van der Waals surface area (Å²) in [7, 11) is 0. The van der Waals surface area contributed by atoms with Crippen LogP contribution in [0.25, 0.3) is 0 Å². The van der Waals surface area contributed by atoms with Gasteiger partial charge < -0.3 is 11.5 Å². The molecule has 80 valence electrons. The zero-order chi connectivity index (χ0) is 11.0. The van der Waals surface area contributed by atoms with E-state index in [0.717, 1.165) is 10.6 Å². The Morgan fingerprint density at radius 3 is 2.93 bits per heavy atom. The highest BCUT2D eigenvalue weighted by Crippen LogP contribution is 2.39. The standard InChI is InChI=1S/C10H13N3OS/c1-6-10(14)13(5-11)8-4-7(12)2-3-9(8)15-6/h2-4,6H,5,11-12H2,1H3. The van der Waals surface area contributed by atoms with Gasteiger partial charge in [0.2, 0.25) is 5.91 Å². The molecule has 0 aliphatic carbocycles. The fourth-order valence-electron chi connectivity index (χ4n) is 1.61. The first-order chi connectivity index (χ1) is 7.13. The third-order valence-corrected chi connectivity index (χ3v) is 3.53. The number of nitrogens with two attached hydrogens (primary N) is 2. The van der Waals surface area contributed by atoms with E-state index in [-0.39, 0.29) is 17.8 Å². The Hall–Kier alpha value is -1.20. The molecule has 0 fully saturated rings. The average molecular weight is 223 g/mol. The molecular weight excluding hydrogens is 210 g/mol. The van der Waals surface area contributed by atoms with Crippen molar-refractivity contribution in [3.05, 3.63) is 18.2 Å². The van der Waals surface area contributed by atoms with Crippen LogP contribution >= 0.6 is 11.8 Å². The number of benzene rings is 1. The zero-order valence-electron chi connectivity index (χ0n) is 8.43. The molecule has 1 aliphatic heterocycles. The number of carbonyl (C=O) groups excluding carboxylic acids is 1. The number of nitrogen functional groups attached to an aromatic ring is 1. The van der Waals surface area contributed by atoms with E-state index in [9.17, 15) is 4.79 Å². The maximum absolute atomic E-state index is 11.8. The molecule has 0 aromatic heterocycles. The summed E-state index contributed by atoms with van der Waals surface area (Å²) in [6.07, 6.45) is 0. The predicted molar refractivity (Wildman–Crippen MR) is 62.7 cm³/mol. The highest BCUT2D eigenvalue weighted by atomic mass is 32.2. The van der Waals surface area contributed by atoms with Crippen LogP contribution in [0.1, 0.15) is 6.92 Å². The predicted octanol–water partition coefficient (Wildman–Crippen LogP) is 1.01. The van der Waals surface area contributed by atoms with Crippen LogP contribution in [0.5, 0.6) is 0 Å². The van der Waals surface area contributed by atoms with E-state index >= 15 is 0 Å². The van der Waals surface area contributed by atoms with Gasteiger partial charge >= 0.3 is 0 Å². The first-order valence-corrected chi connectivity index (χ1v) is 5.59. The summed E-state index contributed by atoms with van der Waals surface area (Å²) in [5.74, 6) is 0.0422. The van der Waals surface area contributed by atoms with Crippen molar-refractivity contribution in [1.82, 2.24) is 0 Å². The monoisotopic (exact) mass is 223 g/mol. The van der Waals surface area contributed by atoms with Crippen molar-refractivity contribution in [2.24, 2.45) is 5.73 Å². The summed E-state index contributed by atoms with van der Waals surface area (Å²) in [5.41, 5.74) is 12.7. The van der Waals surface area contributed by atoms with Crippen LogP contribution in [0.4, 0.5) is 11.4 Å². The Morgan fingerprint density at radius 2 is 2.27 bits per heavy atom. The molecule has 4 N–H and O–H groups in total. The van der Waals surface area contributed by atoms with Crippen molar-refractivity contribution in [3.8, 4) is 0 Å². The molecule has 1 unspecified atom stereocenters. The zero-order valence-corrected chi connectivity index (χ0v) is 9.25. The molecule has 0 radical (unpaired) electrons. The first kappa shape index (κ1) is 10.3. The molecule has 0 spiro atoms. The van der Waals surface area contributed by atoms with Gasteiger partial charge in [0.05, 0.1) is 17.6 Å². The van der Waals surface area contributed by atoms with Gasteiger partial charge in [-0.05, 0) is 25.1 Å². The third-order valence-electron chi connectivity index (χ3n) is 2.37. The molecule has 0 bridgehead atoms. The van der Waals surface area contributed by atoms with Crippen molar-refractivity contribution in [2.45, 2.75) is 17.1 Å². The van der Waals surface area contributed by atoms with E-state index in [1.54, 1.807) is 22.7 Å². The summed E-state index contributed by atoms with van der Waals surface area (Å²) < 4.78 is 0. The molecule has 0 saturated carbocycles. The smallest absolute Gasteiger partial charge is 0.241 e. The highest BCUT2D eigenvalue weighted by Gasteiger charge is 2.29. The molecule has 4 nitrogen and oxygen atoms in total. The quantitative estimate of drug-likeness (QED) is 0.697. The molecule has 1 atom stereocenters. The van der Waals surface area contributed by atoms with Crippen LogP contribution in [0, 0.1) is 0 Å². The molecular formula is C10H13N3OS. The maximum atomic E-state index is 11.8. The minimum absolute atomic E-state index is 0.0422. The molecule has 1 heterocycles. The van der Waals surface area contributed by atoms with E-state index in [0.29, 0.717) is 5.69 Å². The van der Waals surface area contributed by atoms with Gasteiger partial charge in [-0.2, -0.15) is 0 Å². The number of hydrogen-bond acceptors (Lipinski definition) is 4. The third kappa shape index (κ3) is 1.68. The molecule has 1 aromatic rings. The van der Waals surface area contributed by atoms with Gasteiger partial charge in [0.15, 0.2) is 0 Å². The molecule has 1 aliphatic rings. The Kier molecular flexibility index (Phi) is 2.58. The van der Waals surface area contributed by atoms with Crippen molar-refractivity contribution < 1.29 is 4.79 Å². The van der Waals surface area contributed by atoms with E-state index < -0.39 is 0 Å². The van der Waals surface area contributed by atoms with Gasteiger partial charge in [0.1, 0.15) is 0 Å². The number of thioether (sulfide) groups is 1. The molecule has 2 rings (SSSR count). The SMILES string of the molecule is CC1Sc2ccc(N)cc2N(CN)C1=O. The number of fused-ring (bicyclic) bond motifs is 1. The Balaban J connectivity index is 2.51. The summed E-state index contributed by atoms with van der Waals surface area (Å²) in [4.78, 5) is 14.4. The number of nitrogens with zero attached hydrogens (tertiary/aromatic N) is 1. The summed E-state index contributed by atoms with van der Waals surface area (Å²) in [6, 6.07) is 5.56. The van der Waals surface area contributed by atoms with Crippen molar-refractivity contribution >= 4 is 29.0 Å². The van der Waals surface area contributed by atoms with E-state index in [1.807, 2.05) is 19.1 Å². The van der Waals surface area contributed by atoms with E-state index in [1.165, 1.54) is 0 Å². The van der Waals surface area contributed by atoms with Crippen LogP contribution in [0.3, 0.4) is 0 Å². The van der Waals surface area contributed by atoms with Gasteiger partial charge in [-0.25, -0.2) is 0 Å². The lowest BCUT2D eigenvalue weighted by Crippen LogP contribution is -2.43. The number of anilines is 2. The number of hydrogen-bond donors (Lipinski definition) is 2. The van der Waals surface area contributed by atoms with Gasteiger partial charge in [0.25, 0.3) is 0 Å². The second-order valence-corrected chi connectivity index (χ2v) is 4.82. The highest BCUT2D eigenvalue weighted by molar-refractivity contribution is 8.00. The summed E-state index contributed by atoms with van der Waals surface area (Å²) in [6.45, 7) is 2.08. The molecule has 5 heteroatoms. The lowest BCUT2D eigenvalue weighted by Gasteiger charge is -2.31. The van der Waals surface area contributed by atoms with Crippen LogP contribution in [-0.4, -0.2) is 17.8 Å². The van der Waals surface area contributed by atoms with Gasteiger partial charge in [-0.3, -0.25) is 9.69 Å². The Bertz CT molecular complexity index is 408. The molecule has 1 aromatic carbocycles. The lowest BCUT2D eigenvalue weighted by molar-refractivity contribution is -0.118. The molecule has 0 saturated heterocycles. The number of amides is 1. The first-order valence-electron chi connectivity index (χ1n) is 4.71. The van der Waals surface area contributed by atoms with Crippen LogP contribution in [0.15, 0.2) is 23.1 Å². The summed E-state index contributed by atoms with van der Waals surface area (Å²) >= 11 is 1.55. The maximum Gasteiger partial charge on any atom is 0.241 e. The number of rotatable bonds is 1. The van der Waals surface area contributed by atoms with E-state index in [4.69, 9.17) is 11.5 Å². The lowest BCUT2D eigenvalue weighted by atomic mass is 10.2. The van der Waals surface area contributed by atoms with Gasteiger partial charge in [-0.15, -0.1) is 11.8 Å². The van der Waals surface area contributed by atoms with Crippen molar-refractivity contribution in [2.75, 3.05) is 17.3 Å². The van der Waals surface area contributed by atoms with Crippen molar-refractivity contribution in [3.63, 3.8) is 0 Å². The molecule has 1 amide bonds. The second-order valence-electron chi connectivity index (χ2n) is 3.44. The largest absolute Gasteiger partial charge is 0.399 e. The van der Waals surface area contributed by atoms with Gasteiger partial charge in [0, 0.05) is 10.6 Å². The van der Waals surface area contributed by atoms with Crippen LogP contribution in [-0.2, 0) is 4.79 Å². The van der Waals surface area contributed by atoms with Crippen LogP contribution in [0.2, 0.25) is 0 Å². The molecule has 15 heavy (non-hydrogen) atoms. The normalized spacial score (nSPS) is 20.3. The fraction of sp³-hybridized carbons (Fsp3) is 0.300. The topological polar surface area (TPSA) is 72.3 Å². The summed E-state index contributed by atoms with van der Waals surface area (Å²) in [5, 5.41) is -0.0790. The van der Waals surface area contributed by atoms with E-state index in [2.05, 4.69) is 0 Å². The van der Waals surface area contributed by atoms with Gasteiger partial charge in [-0.1, -0.05) is 0 Å². The average Bonchev–Trinajstić information content (AvgIpc) is 2.21. The minimum Gasteiger partial charge on any atom is -0.399 e. The minimum atomic E-state index is -0.0790. The number of carbonyl (C=O) groups is 1. The van der Waals surface area contributed by atoms with Crippen molar-refractivity contribution in [1.29, 1.82) is 0 Å². The Morgan fingerprint density at radius 1 is 1.53 bits per heavy atom. The fourth-order valence-corrected chi connectivity index (χ4v) is 2.66. The van der Waals surface area contributed by atoms with Crippen LogP contribution < -0.4 is 16.4 Å². The Labute approximate surface area is 92.6 Å². The second kappa shape index (κ2) is 3.75.